The van der Waals surface area contributed by atoms with Crippen molar-refractivity contribution in [3.8, 4) is 12.3 Å². The molecule has 0 saturated carbocycles. The summed E-state index contributed by atoms with van der Waals surface area (Å²) in [4.78, 5) is 20.1. The predicted molar refractivity (Wildman–Crippen MR) is 81.9 cm³/mol. The zero-order valence-corrected chi connectivity index (χ0v) is 13.3. The number of nitrogens with two attached hydrogens (primary N) is 1. The Morgan fingerprint density at radius 1 is 1.48 bits per heavy atom. The van der Waals surface area contributed by atoms with Crippen molar-refractivity contribution in [1.82, 2.24) is 19.1 Å². The first-order chi connectivity index (χ1) is 12.6. The van der Waals surface area contributed by atoms with Gasteiger partial charge in [0.25, 0.3) is 0 Å². The van der Waals surface area contributed by atoms with Crippen molar-refractivity contribution in [2.24, 2.45) is 0 Å². The van der Waals surface area contributed by atoms with Crippen LogP contribution in [0.25, 0.3) is 11.2 Å². The maximum atomic E-state index is 14.2. The number of hydrogen-bond donors (Lipinski definition) is 3. The maximum Gasteiger partial charge on any atom is 0.417 e. The van der Waals surface area contributed by atoms with Crippen molar-refractivity contribution in [2.45, 2.75) is 43.4 Å². The molecule has 2 aromatic rings. The average Bonchev–Trinajstić information content (AvgIpc) is 3.01. The van der Waals surface area contributed by atoms with E-state index >= 15 is 0 Å². The number of aliphatic hydroxyl groups is 2. The van der Waals surface area contributed by atoms with Crippen molar-refractivity contribution >= 4 is 17.1 Å². The Morgan fingerprint density at radius 3 is 2.74 bits per heavy atom. The van der Waals surface area contributed by atoms with Crippen LogP contribution in [0.3, 0.4) is 0 Å². The summed E-state index contributed by atoms with van der Waals surface area (Å²) in [7, 11) is 0. The molecule has 1 unspecified atom stereocenters. The molecule has 4 N–H and O–H groups in total. The number of terminal acetylenes is 1. The van der Waals surface area contributed by atoms with Crippen molar-refractivity contribution in [3.63, 3.8) is 0 Å². The molecule has 3 rings (SSSR count). The minimum Gasteiger partial charge on any atom is -0.385 e. The average molecular weight is 391 g/mol. The molecule has 1 saturated heterocycles. The Kier molecular flexibility index (Phi) is 4.58. The van der Waals surface area contributed by atoms with Gasteiger partial charge in [-0.05, 0) is 0 Å². The summed E-state index contributed by atoms with van der Waals surface area (Å²) < 4.78 is 58.8. The van der Waals surface area contributed by atoms with Gasteiger partial charge in [0.2, 0.25) is 5.95 Å². The molecule has 3 heterocycles. The minimum absolute atomic E-state index is 0.0539. The topological polar surface area (TPSA) is 128 Å². The zero-order chi connectivity index (χ0) is 20.1. The first-order valence-electron chi connectivity index (χ1n) is 7.47. The highest BCUT2D eigenvalue weighted by atomic mass is 19.4. The number of rotatable bonds is 3. The summed E-state index contributed by atoms with van der Waals surface area (Å²) >= 11 is 0. The molecule has 27 heavy (non-hydrogen) atoms. The number of fused-ring (bicyclic) bond motifs is 1. The number of aliphatic hydroxyl groups excluding tert-OH is 2. The monoisotopic (exact) mass is 391 g/mol. The van der Waals surface area contributed by atoms with Crippen LogP contribution in [0.1, 0.15) is 6.23 Å². The van der Waals surface area contributed by atoms with E-state index in [1.165, 1.54) is 0 Å². The number of halogens is 4. The Labute approximate surface area is 148 Å². The molecule has 1 aliphatic rings. The molecule has 9 nitrogen and oxygen atoms in total. The lowest BCUT2D eigenvalue weighted by Crippen LogP contribution is -2.44. The second-order valence-corrected chi connectivity index (χ2v) is 5.79. The minimum atomic E-state index is -5.20. The molecule has 0 amide bonds. The van der Waals surface area contributed by atoms with E-state index in [1.54, 1.807) is 0 Å². The molecule has 5 atom stereocenters. The zero-order valence-electron chi connectivity index (χ0n) is 13.3. The van der Waals surface area contributed by atoms with E-state index in [-0.39, 0.29) is 23.7 Å². The van der Waals surface area contributed by atoms with Gasteiger partial charge < -0.3 is 20.7 Å². The van der Waals surface area contributed by atoms with Gasteiger partial charge in [-0.2, -0.15) is 18.2 Å². The molecule has 0 spiro atoms. The number of nitrogens with zero attached hydrogens (tertiary/aromatic N) is 4. The van der Waals surface area contributed by atoms with Crippen LogP contribution in [0.15, 0.2) is 11.0 Å². The fourth-order valence-electron chi connectivity index (χ4n) is 2.86. The van der Waals surface area contributed by atoms with E-state index in [0.717, 1.165) is 10.8 Å². The molecule has 1 fully saturated rings. The highest BCUT2D eigenvalue weighted by Crippen LogP contribution is 2.38. The van der Waals surface area contributed by atoms with Crippen molar-refractivity contribution in [3.05, 3.63) is 16.7 Å². The summed E-state index contributed by atoms with van der Waals surface area (Å²) in [6, 6.07) is 0. The summed E-state index contributed by atoms with van der Waals surface area (Å²) in [6.07, 6.45) is -11.2. The standard InChI is InChI=1S/C14H13F4N5O4/c1-2-3-22-5-4-20-12(19)21-10(5)23(13(22)26)11-7(24)6(15)8(27-11)9(25)14(16,17)18/h1,4,6-9,11,24-25H,3H2,(H2,19,20,21)/t6-,7-,8+,9?,11-/m1/s1. The third kappa shape index (κ3) is 3.01. The highest BCUT2D eigenvalue weighted by molar-refractivity contribution is 5.72. The number of imidazole rings is 1. The van der Waals surface area contributed by atoms with E-state index in [0.29, 0.717) is 4.57 Å². The largest absolute Gasteiger partial charge is 0.417 e. The predicted octanol–water partition coefficient (Wildman–Crippen LogP) is -0.672. The molecule has 2 aromatic heterocycles. The Balaban J connectivity index is 2.13. The van der Waals surface area contributed by atoms with Gasteiger partial charge in [-0.3, -0.25) is 4.57 Å². The van der Waals surface area contributed by atoms with E-state index in [4.69, 9.17) is 16.9 Å². The van der Waals surface area contributed by atoms with Crippen LogP contribution in [0.2, 0.25) is 0 Å². The van der Waals surface area contributed by atoms with Crippen LogP contribution in [-0.2, 0) is 11.3 Å². The third-order valence-electron chi connectivity index (χ3n) is 4.10. The molecule has 13 heteroatoms. The summed E-state index contributed by atoms with van der Waals surface area (Å²) in [6.45, 7) is -0.258. The van der Waals surface area contributed by atoms with Crippen molar-refractivity contribution in [2.75, 3.05) is 5.73 Å². The molecular formula is C14H13F4N5O4. The van der Waals surface area contributed by atoms with Gasteiger partial charge in [0.05, 0.1) is 12.7 Å². The number of ether oxygens (including phenoxy) is 1. The first kappa shape index (κ1) is 19.1. The van der Waals surface area contributed by atoms with Crippen LogP contribution in [0.5, 0.6) is 0 Å². The van der Waals surface area contributed by atoms with Gasteiger partial charge in [0.1, 0.15) is 17.7 Å². The molecule has 1 aliphatic heterocycles. The van der Waals surface area contributed by atoms with E-state index in [2.05, 4.69) is 15.9 Å². The second-order valence-electron chi connectivity index (χ2n) is 5.79. The summed E-state index contributed by atoms with van der Waals surface area (Å²) in [5.74, 6) is 1.91. The normalized spacial score (nSPS) is 27.0. The van der Waals surface area contributed by atoms with Gasteiger partial charge in [-0.25, -0.2) is 18.7 Å². The second kappa shape index (κ2) is 6.48. The molecule has 0 radical (unpaired) electrons. The summed E-state index contributed by atoms with van der Waals surface area (Å²) in [5, 5.41) is 19.3. The Bertz CT molecular complexity index is 965. The number of hydrogen-bond acceptors (Lipinski definition) is 7. The summed E-state index contributed by atoms with van der Waals surface area (Å²) in [5.41, 5.74) is 4.37. The van der Waals surface area contributed by atoms with Crippen LogP contribution < -0.4 is 11.4 Å². The van der Waals surface area contributed by atoms with Crippen LogP contribution in [-0.4, -0.2) is 60.0 Å². The van der Waals surface area contributed by atoms with Crippen LogP contribution >= 0.6 is 0 Å². The fraction of sp³-hybridized carbons (Fsp3) is 0.500. The van der Waals surface area contributed by atoms with Crippen LogP contribution in [0.4, 0.5) is 23.5 Å². The lowest BCUT2D eigenvalue weighted by molar-refractivity contribution is -0.241. The van der Waals surface area contributed by atoms with Gasteiger partial charge in [-0.15, -0.1) is 6.42 Å². The van der Waals surface area contributed by atoms with E-state index in [9.17, 15) is 32.6 Å². The molecule has 0 aromatic carbocycles. The molecular weight excluding hydrogens is 378 g/mol. The van der Waals surface area contributed by atoms with E-state index < -0.39 is 42.6 Å². The first-order valence-corrected chi connectivity index (χ1v) is 7.47. The molecule has 0 bridgehead atoms. The quantitative estimate of drug-likeness (QED) is 0.468. The third-order valence-corrected chi connectivity index (χ3v) is 4.10. The Hall–Kier alpha value is -2.69. The van der Waals surface area contributed by atoms with Gasteiger partial charge >= 0.3 is 11.9 Å². The van der Waals surface area contributed by atoms with E-state index in [1.807, 2.05) is 0 Å². The number of nitrogen functional groups attached to an aromatic ring is 1. The van der Waals surface area contributed by atoms with Gasteiger partial charge in [0.15, 0.2) is 24.2 Å². The van der Waals surface area contributed by atoms with Crippen molar-refractivity contribution < 1.29 is 32.5 Å². The van der Waals surface area contributed by atoms with Crippen molar-refractivity contribution in [1.29, 1.82) is 0 Å². The lowest BCUT2D eigenvalue weighted by atomic mass is 10.1. The van der Waals surface area contributed by atoms with Gasteiger partial charge in [0, 0.05) is 0 Å². The van der Waals surface area contributed by atoms with Crippen LogP contribution in [0, 0.1) is 12.3 Å². The number of aromatic nitrogens is 4. The number of anilines is 1. The SMILES string of the molecule is C#CCn1c(=O)n([C@@H]2O[C@H](C(O)C(F)(F)F)[C@H](F)[C@H]2O)c2nc(N)ncc21. The van der Waals surface area contributed by atoms with Gasteiger partial charge in [-0.1, -0.05) is 5.92 Å². The lowest BCUT2D eigenvalue weighted by Gasteiger charge is -2.22. The molecule has 0 aliphatic carbocycles. The smallest absolute Gasteiger partial charge is 0.385 e. The Morgan fingerprint density at radius 2 is 2.15 bits per heavy atom. The number of alkyl halides is 4. The highest BCUT2D eigenvalue weighted by Gasteiger charge is 2.56. The maximum absolute atomic E-state index is 14.2. The fourth-order valence-corrected chi connectivity index (χ4v) is 2.86. The molecule has 146 valence electrons.